The van der Waals surface area contributed by atoms with Crippen molar-refractivity contribution < 1.29 is 14.3 Å². The molecule has 160 valence electrons. The van der Waals surface area contributed by atoms with Crippen LogP contribution in [0.25, 0.3) is 0 Å². The molecule has 8 nitrogen and oxygen atoms in total. The van der Waals surface area contributed by atoms with Gasteiger partial charge in [-0.25, -0.2) is 9.78 Å². The van der Waals surface area contributed by atoms with Crippen molar-refractivity contribution in [3.05, 3.63) is 48.0 Å². The lowest BCUT2D eigenvalue weighted by Gasteiger charge is -2.34. The second-order valence-electron chi connectivity index (χ2n) is 8.35. The third-order valence-corrected chi connectivity index (χ3v) is 4.65. The number of para-hydroxylation sites is 1. The summed E-state index contributed by atoms with van der Waals surface area (Å²) in [6.07, 6.45) is 1.35. The van der Waals surface area contributed by atoms with Crippen LogP contribution in [-0.2, 0) is 4.74 Å². The summed E-state index contributed by atoms with van der Waals surface area (Å²) in [5.74, 6) is 0.582. The molecule has 0 saturated carbocycles. The zero-order chi connectivity index (χ0) is 21.7. The Morgan fingerprint density at radius 2 is 1.90 bits per heavy atom. The molecule has 0 spiro atoms. The van der Waals surface area contributed by atoms with Crippen molar-refractivity contribution >= 4 is 29.3 Å². The Morgan fingerprint density at radius 3 is 2.57 bits per heavy atom. The molecule has 1 atom stereocenters. The van der Waals surface area contributed by atoms with E-state index in [0.717, 1.165) is 25.1 Å². The molecule has 0 bridgehead atoms. The SMILES string of the molecule is CC(C)(C)OC(=O)N[C@@H]1CCCN(c2ccc(C(N)=O)c(Nc3ccccc3)n2)C1. The number of nitrogens with one attached hydrogen (secondary N) is 2. The molecule has 0 unspecified atom stereocenters. The third kappa shape index (κ3) is 5.85. The molecule has 1 saturated heterocycles. The summed E-state index contributed by atoms with van der Waals surface area (Å²) < 4.78 is 5.36. The molecule has 1 aliphatic heterocycles. The lowest BCUT2D eigenvalue weighted by Crippen LogP contribution is -2.49. The molecule has 4 N–H and O–H groups in total. The van der Waals surface area contributed by atoms with Crippen molar-refractivity contribution in [2.75, 3.05) is 23.3 Å². The van der Waals surface area contributed by atoms with Crippen LogP contribution in [-0.4, -0.2) is 41.7 Å². The molecule has 0 radical (unpaired) electrons. The summed E-state index contributed by atoms with van der Waals surface area (Å²) in [5, 5.41) is 6.11. The van der Waals surface area contributed by atoms with Gasteiger partial charge in [0.2, 0.25) is 0 Å². The highest BCUT2D eigenvalue weighted by Gasteiger charge is 2.25. The number of benzene rings is 1. The standard InChI is InChI=1S/C22H29N5O3/c1-22(2,3)30-21(29)25-16-10-7-13-27(14-16)18-12-11-17(19(23)28)20(26-18)24-15-8-5-4-6-9-15/h4-6,8-9,11-12,16H,7,10,13-14H2,1-3H3,(H2,23,28)(H,24,26)(H,25,29)/t16-/m1/s1. The second kappa shape index (κ2) is 9.02. The number of rotatable bonds is 5. The predicted octanol–water partition coefficient (Wildman–Crippen LogP) is 3.42. The number of primary amides is 1. The quantitative estimate of drug-likeness (QED) is 0.695. The van der Waals surface area contributed by atoms with Crippen molar-refractivity contribution in [2.24, 2.45) is 5.73 Å². The van der Waals surface area contributed by atoms with E-state index in [-0.39, 0.29) is 6.04 Å². The highest BCUT2D eigenvalue weighted by molar-refractivity contribution is 5.98. The lowest BCUT2D eigenvalue weighted by molar-refractivity contribution is 0.0499. The Balaban J connectivity index is 1.75. The maximum Gasteiger partial charge on any atom is 0.407 e. The Hall–Kier alpha value is -3.29. The minimum Gasteiger partial charge on any atom is -0.444 e. The zero-order valence-corrected chi connectivity index (χ0v) is 17.6. The fraction of sp³-hybridized carbons (Fsp3) is 0.409. The Bertz CT molecular complexity index is 895. The summed E-state index contributed by atoms with van der Waals surface area (Å²) >= 11 is 0. The van der Waals surface area contributed by atoms with Gasteiger partial charge in [0.25, 0.3) is 5.91 Å². The van der Waals surface area contributed by atoms with Crippen LogP contribution >= 0.6 is 0 Å². The summed E-state index contributed by atoms with van der Waals surface area (Å²) in [7, 11) is 0. The summed E-state index contributed by atoms with van der Waals surface area (Å²) in [5.41, 5.74) is 6.13. The van der Waals surface area contributed by atoms with Crippen LogP contribution in [0.5, 0.6) is 0 Å². The fourth-order valence-corrected chi connectivity index (χ4v) is 3.35. The average molecular weight is 412 g/mol. The smallest absolute Gasteiger partial charge is 0.407 e. The number of piperidine rings is 1. The number of alkyl carbamates (subject to hydrolysis) is 1. The Kier molecular flexibility index (Phi) is 6.44. The molecule has 2 aromatic rings. The molecular formula is C22H29N5O3. The maximum atomic E-state index is 12.1. The highest BCUT2D eigenvalue weighted by atomic mass is 16.6. The molecule has 2 amide bonds. The first-order chi connectivity index (χ1) is 14.2. The van der Waals surface area contributed by atoms with Gasteiger partial charge in [-0.3, -0.25) is 4.79 Å². The van der Waals surface area contributed by atoms with Gasteiger partial charge in [-0.2, -0.15) is 0 Å². The first-order valence-corrected chi connectivity index (χ1v) is 10.1. The number of nitrogens with zero attached hydrogens (tertiary/aromatic N) is 2. The van der Waals surface area contributed by atoms with Crippen LogP contribution in [0.15, 0.2) is 42.5 Å². The van der Waals surface area contributed by atoms with Crippen molar-refractivity contribution in [3.63, 3.8) is 0 Å². The Morgan fingerprint density at radius 1 is 1.17 bits per heavy atom. The van der Waals surface area contributed by atoms with Gasteiger partial charge in [0.15, 0.2) is 0 Å². The number of hydrogen-bond acceptors (Lipinski definition) is 6. The summed E-state index contributed by atoms with van der Waals surface area (Å²) in [6, 6.07) is 12.9. The first-order valence-electron chi connectivity index (χ1n) is 10.1. The van der Waals surface area contributed by atoms with E-state index in [0.29, 0.717) is 23.7 Å². The van der Waals surface area contributed by atoms with Gasteiger partial charge in [0.05, 0.1) is 5.56 Å². The van der Waals surface area contributed by atoms with Gasteiger partial charge < -0.3 is 26.0 Å². The van der Waals surface area contributed by atoms with Gasteiger partial charge in [-0.05, 0) is 57.9 Å². The zero-order valence-electron chi connectivity index (χ0n) is 17.6. The number of amides is 2. The molecule has 1 aliphatic rings. The van der Waals surface area contributed by atoms with E-state index in [2.05, 4.69) is 20.5 Å². The topological polar surface area (TPSA) is 110 Å². The minimum absolute atomic E-state index is 0.0447. The maximum absolute atomic E-state index is 12.1. The van der Waals surface area contributed by atoms with Gasteiger partial charge in [0, 0.05) is 24.8 Å². The largest absolute Gasteiger partial charge is 0.444 e. The third-order valence-electron chi connectivity index (χ3n) is 4.65. The van der Waals surface area contributed by atoms with E-state index < -0.39 is 17.6 Å². The molecule has 3 rings (SSSR count). The van der Waals surface area contributed by atoms with Crippen LogP contribution in [0.1, 0.15) is 44.0 Å². The fourth-order valence-electron chi connectivity index (χ4n) is 3.35. The molecule has 30 heavy (non-hydrogen) atoms. The number of hydrogen-bond donors (Lipinski definition) is 3. The molecular weight excluding hydrogens is 382 g/mol. The number of carbonyl (C=O) groups excluding carboxylic acids is 2. The van der Waals surface area contributed by atoms with Gasteiger partial charge in [-0.15, -0.1) is 0 Å². The van der Waals surface area contributed by atoms with E-state index in [4.69, 9.17) is 10.5 Å². The number of aromatic nitrogens is 1. The van der Waals surface area contributed by atoms with E-state index in [9.17, 15) is 9.59 Å². The van der Waals surface area contributed by atoms with Crippen LogP contribution in [0.4, 0.5) is 22.1 Å². The number of pyridine rings is 1. The molecule has 1 fully saturated rings. The minimum atomic E-state index is -0.546. The van der Waals surface area contributed by atoms with E-state index in [1.165, 1.54) is 0 Å². The van der Waals surface area contributed by atoms with E-state index >= 15 is 0 Å². The van der Waals surface area contributed by atoms with Crippen molar-refractivity contribution in [2.45, 2.75) is 45.3 Å². The number of anilines is 3. The monoisotopic (exact) mass is 411 g/mol. The number of ether oxygens (including phenoxy) is 1. The summed E-state index contributed by atoms with van der Waals surface area (Å²) in [4.78, 5) is 30.7. The van der Waals surface area contributed by atoms with Gasteiger partial charge in [0.1, 0.15) is 17.2 Å². The van der Waals surface area contributed by atoms with Crippen LogP contribution in [0.2, 0.25) is 0 Å². The molecule has 2 heterocycles. The van der Waals surface area contributed by atoms with Gasteiger partial charge >= 0.3 is 6.09 Å². The van der Waals surface area contributed by atoms with E-state index in [1.54, 1.807) is 12.1 Å². The predicted molar refractivity (Wildman–Crippen MR) is 117 cm³/mol. The highest BCUT2D eigenvalue weighted by Crippen LogP contribution is 2.25. The average Bonchev–Trinajstić information content (AvgIpc) is 2.67. The molecule has 8 heteroatoms. The normalized spacial score (nSPS) is 16.6. The van der Waals surface area contributed by atoms with Crippen LogP contribution < -0.4 is 21.3 Å². The van der Waals surface area contributed by atoms with Crippen molar-refractivity contribution in [1.29, 1.82) is 0 Å². The molecule has 0 aliphatic carbocycles. The Labute approximate surface area is 176 Å². The molecule has 1 aromatic heterocycles. The second-order valence-corrected chi connectivity index (χ2v) is 8.35. The molecule has 1 aromatic carbocycles. The van der Waals surface area contributed by atoms with Crippen molar-refractivity contribution in [3.8, 4) is 0 Å². The number of carbonyl (C=O) groups is 2. The van der Waals surface area contributed by atoms with Crippen molar-refractivity contribution in [1.82, 2.24) is 10.3 Å². The van der Waals surface area contributed by atoms with Gasteiger partial charge in [-0.1, -0.05) is 18.2 Å². The summed E-state index contributed by atoms with van der Waals surface area (Å²) in [6.45, 7) is 6.93. The lowest BCUT2D eigenvalue weighted by atomic mass is 10.1. The first kappa shape index (κ1) is 21.4. The number of nitrogens with two attached hydrogens (primary N) is 1. The van der Waals surface area contributed by atoms with Crippen LogP contribution in [0.3, 0.4) is 0 Å². The van der Waals surface area contributed by atoms with E-state index in [1.807, 2.05) is 51.1 Å². The van der Waals surface area contributed by atoms with Crippen LogP contribution in [0, 0.1) is 0 Å².